The Hall–Kier alpha value is -0.610. The first-order valence-electron chi connectivity index (χ1n) is 6.83. The van der Waals surface area contributed by atoms with Crippen LogP contribution in [0.1, 0.15) is 26.2 Å². The van der Waals surface area contributed by atoms with E-state index in [1.165, 1.54) is 12.8 Å². The Labute approximate surface area is 103 Å². The molecular formula is C13H24N2O2. The molecule has 0 radical (unpaired) electrons. The lowest BCUT2D eigenvalue weighted by molar-refractivity contribution is -0.126. The Kier molecular flexibility index (Phi) is 4.80. The number of carbonyl (C=O) groups excluding carboxylic acids is 1. The van der Waals surface area contributed by atoms with Gasteiger partial charge in [-0.05, 0) is 44.2 Å². The molecule has 0 bridgehead atoms. The molecule has 0 aromatic carbocycles. The first-order chi connectivity index (χ1) is 8.27. The maximum atomic E-state index is 11.7. The molecule has 1 heterocycles. The van der Waals surface area contributed by atoms with Gasteiger partial charge in [-0.1, -0.05) is 6.92 Å². The van der Waals surface area contributed by atoms with Crippen LogP contribution in [0.2, 0.25) is 0 Å². The van der Waals surface area contributed by atoms with E-state index in [-0.39, 0.29) is 11.8 Å². The number of carbonyl (C=O) groups is 1. The minimum Gasteiger partial charge on any atom is -0.381 e. The minimum atomic E-state index is 0.142. The summed E-state index contributed by atoms with van der Waals surface area (Å²) in [6.45, 7) is 6.42. The van der Waals surface area contributed by atoms with Crippen molar-refractivity contribution in [2.45, 2.75) is 26.2 Å². The summed E-state index contributed by atoms with van der Waals surface area (Å²) in [6.07, 6.45) is 3.60. The van der Waals surface area contributed by atoms with Gasteiger partial charge >= 0.3 is 0 Å². The van der Waals surface area contributed by atoms with E-state index in [4.69, 9.17) is 4.74 Å². The fraction of sp³-hybridized carbons (Fsp3) is 0.923. The molecule has 0 spiro atoms. The summed E-state index contributed by atoms with van der Waals surface area (Å²) in [6, 6.07) is 0. The van der Waals surface area contributed by atoms with Crippen LogP contribution >= 0.6 is 0 Å². The SMILES string of the molecule is CC(C(=O)NCCCOCC1CC1)C1CNC1. The first kappa shape index (κ1) is 12.8. The van der Waals surface area contributed by atoms with E-state index < -0.39 is 0 Å². The molecule has 2 fully saturated rings. The van der Waals surface area contributed by atoms with Crippen LogP contribution in [-0.4, -0.2) is 38.8 Å². The summed E-state index contributed by atoms with van der Waals surface area (Å²) in [5, 5.41) is 6.19. The highest BCUT2D eigenvalue weighted by atomic mass is 16.5. The molecule has 98 valence electrons. The van der Waals surface area contributed by atoms with Gasteiger partial charge in [-0.2, -0.15) is 0 Å². The second kappa shape index (κ2) is 6.36. The summed E-state index contributed by atoms with van der Waals surface area (Å²) in [5.74, 6) is 1.69. The molecule has 2 aliphatic rings. The molecule has 1 amide bonds. The van der Waals surface area contributed by atoms with Crippen molar-refractivity contribution in [3.8, 4) is 0 Å². The second-order valence-corrected chi connectivity index (χ2v) is 5.37. The van der Waals surface area contributed by atoms with Gasteiger partial charge in [0.05, 0.1) is 0 Å². The molecular weight excluding hydrogens is 216 g/mol. The maximum absolute atomic E-state index is 11.7. The van der Waals surface area contributed by atoms with Crippen molar-refractivity contribution in [1.29, 1.82) is 0 Å². The van der Waals surface area contributed by atoms with E-state index in [2.05, 4.69) is 10.6 Å². The predicted octanol–water partition coefficient (Wildman–Crippen LogP) is 0.775. The summed E-state index contributed by atoms with van der Waals surface area (Å²) < 4.78 is 5.52. The van der Waals surface area contributed by atoms with Crippen LogP contribution in [0.15, 0.2) is 0 Å². The largest absolute Gasteiger partial charge is 0.381 e. The van der Waals surface area contributed by atoms with E-state index >= 15 is 0 Å². The van der Waals surface area contributed by atoms with Gasteiger partial charge in [-0.15, -0.1) is 0 Å². The van der Waals surface area contributed by atoms with Crippen LogP contribution in [0.4, 0.5) is 0 Å². The molecule has 4 nitrogen and oxygen atoms in total. The second-order valence-electron chi connectivity index (χ2n) is 5.37. The molecule has 1 unspecified atom stereocenters. The lowest BCUT2D eigenvalue weighted by atomic mass is 9.88. The smallest absolute Gasteiger partial charge is 0.223 e. The third-order valence-electron chi connectivity index (χ3n) is 3.75. The Balaban J connectivity index is 1.44. The molecule has 1 atom stereocenters. The number of rotatable bonds is 8. The quantitative estimate of drug-likeness (QED) is 0.616. The maximum Gasteiger partial charge on any atom is 0.223 e. The fourth-order valence-electron chi connectivity index (χ4n) is 1.96. The molecule has 1 saturated heterocycles. The van der Waals surface area contributed by atoms with Crippen molar-refractivity contribution in [2.75, 3.05) is 32.8 Å². The van der Waals surface area contributed by atoms with Crippen molar-refractivity contribution in [1.82, 2.24) is 10.6 Å². The zero-order valence-electron chi connectivity index (χ0n) is 10.7. The van der Waals surface area contributed by atoms with Gasteiger partial charge in [0.1, 0.15) is 0 Å². The predicted molar refractivity (Wildman–Crippen MR) is 66.7 cm³/mol. The summed E-state index contributed by atoms with van der Waals surface area (Å²) in [5.41, 5.74) is 0. The molecule has 4 heteroatoms. The molecule has 1 saturated carbocycles. The van der Waals surface area contributed by atoms with Crippen molar-refractivity contribution >= 4 is 5.91 Å². The van der Waals surface area contributed by atoms with E-state index in [0.717, 1.165) is 45.2 Å². The number of ether oxygens (including phenoxy) is 1. The zero-order chi connectivity index (χ0) is 12.1. The summed E-state index contributed by atoms with van der Waals surface area (Å²) >= 11 is 0. The van der Waals surface area contributed by atoms with E-state index in [9.17, 15) is 4.79 Å². The van der Waals surface area contributed by atoms with E-state index in [1.807, 2.05) is 6.92 Å². The lowest BCUT2D eigenvalue weighted by Crippen LogP contribution is -2.49. The molecule has 2 N–H and O–H groups in total. The minimum absolute atomic E-state index is 0.142. The van der Waals surface area contributed by atoms with Crippen molar-refractivity contribution in [3.63, 3.8) is 0 Å². The Morgan fingerprint density at radius 1 is 1.47 bits per heavy atom. The average molecular weight is 240 g/mol. The van der Waals surface area contributed by atoms with E-state index in [1.54, 1.807) is 0 Å². The topological polar surface area (TPSA) is 50.4 Å². The first-order valence-corrected chi connectivity index (χ1v) is 6.83. The Bertz CT molecular complexity index is 250. The lowest BCUT2D eigenvalue weighted by Gasteiger charge is -2.31. The van der Waals surface area contributed by atoms with Crippen LogP contribution in [0.5, 0.6) is 0 Å². The summed E-state index contributed by atoms with van der Waals surface area (Å²) in [7, 11) is 0. The summed E-state index contributed by atoms with van der Waals surface area (Å²) in [4.78, 5) is 11.7. The monoisotopic (exact) mass is 240 g/mol. The standard InChI is InChI=1S/C13H24N2O2/c1-10(12-7-14-8-12)13(16)15-5-2-6-17-9-11-3-4-11/h10-12,14H,2-9H2,1H3,(H,15,16). The molecule has 17 heavy (non-hydrogen) atoms. The number of nitrogens with one attached hydrogen (secondary N) is 2. The Morgan fingerprint density at radius 3 is 2.82 bits per heavy atom. The molecule has 0 aromatic heterocycles. The van der Waals surface area contributed by atoms with Gasteiger partial charge in [0.2, 0.25) is 5.91 Å². The van der Waals surface area contributed by atoms with Gasteiger partial charge in [0.15, 0.2) is 0 Å². The third-order valence-corrected chi connectivity index (χ3v) is 3.75. The highest BCUT2D eigenvalue weighted by Crippen LogP contribution is 2.28. The molecule has 0 aromatic rings. The highest BCUT2D eigenvalue weighted by molar-refractivity contribution is 5.78. The zero-order valence-corrected chi connectivity index (χ0v) is 10.7. The van der Waals surface area contributed by atoms with Crippen molar-refractivity contribution in [3.05, 3.63) is 0 Å². The van der Waals surface area contributed by atoms with Gasteiger partial charge < -0.3 is 15.4 Å². The van der Waals surface area contributed by atoms with Crippen LogP contribution in [0.3, 0.4) is 0 Å². The number of hydrogen-bond donors (Lipinski definition) is 2. The van der Waals surface area contributed by atoms with Crippen LogP contribution < -0.4 is 10.6 Å². The van der Waals surface area contributed by atoms with Gasteiger partial charge in [0.25, 0.3) is 0 Å². The van der Waals surface area contributed by atoms with Crippen LogP contribution in [0, 0.1) is 17.8 Å². The van der Waals surface area contributed by atoms with Gasteiger partial charge in [-0.3, -0.25) is 4.79 Å². The molecule has 1 aliphatic heterocycles. The van der Waals surface area contributed by atoms with Crippen LogP contribution in [0.25, 0.3) is 0 Å². The van der Waals surface area contributed by atoms with Crippen molar-refractivity contribution in [2.24, 2.45) is 17.8 Å². The number of amides is 1. The molecule has 1 aliphatic carbocycles. The normalized spacial score (nSPS) is 21.9. The molecule has 2 rings (SSSR count). The van der Waals surface area contributed by atoms with Gasteiger partial charge in [0, 0.05) is 25.7 Å². The van der Waals surface area contributed by atoms with Gasteiger partial charge in [-0.25, -0.2) is 0 Å². The fourth-order valence-corrected chi connectivity index (χ4v) is 1.96. The third kappa shape index (κ3) is 4.28. The van der Waals surface area contributed by atoms with Crippen molar-refractivity contribution < 1.29 is 9.53 Å². The average Bonchev–Trinajstić information content (AvgIpc) is 3.04. The van der Waals surface area contributed by atoms with Crippen LogP contribution in [-0.2, 0) is 9.53 Å². The van der Waals surface area contributed by atoms with E-state index in [0.29, 0.717) is 5.92 Å². The Morgan fingerprint density at radius 2 is 2.24 bits per heavy atom. The highest BCUT2D eigenvalue weighted by Gasteiger charge is 2.28. The number of hydrogen-bond acceptors (Lipinski definition) is 3.